The first-order valence-electron chi connectivity index (χ1n) is 6.48. The van der Waals surface area contributed by atoms with Crippen LogP contribution in [0.3, 0.4) is 0 Å². The molecule has 0 bridgehead atoms. The topological polar surface area (TPSA) is 83.5 Å². The molecule has 3 N–H and O–H groups in total. The Bertz CT molecular complexity index is 461. The van der Waals surface area contributed by atoms with Gasteiger partial charge in [0.15, 0.2) is 0 Å². The second-order valence-corrected chi connectivity index (χ2v) is 6.05. The van der Waals surface area contributed by atoms with Gasteiger partial charge in [0, 0.05) is 0 Å². The molecule has 0 aliphatic carbocycles. The van der Waals surface area contributed by atoms with Crippen LogP contribution in [0.25, 0.3) is 0 Å². The van der Waals surface area contributed by atoms with Crippen molar-refractivity contribution in [3.05, 3.63) is 29.6 Å². The molecular weight excluding hydrogens is 258 g/mol. The fraction of sp³-hybridized carbons (Fsp3) is 0.571. The number of aliphatic hydroxyl groups is 1. The summed E-state index contributed by atoms with van der Waals surface area (Å²) in [5.74, 6) is 0. The van der Waals surface area contributed by atoms with Crippen LogP contribution in [0.2, 0.25) is 0 Å². The Balaban J connectivity index is 2.49. The van der Waals surface area contributed by atoms with E-state index in [-0.39, 0.29) is 0 Å². The summed E-state index contributed by atoms with van der Waals surface area (Å²) in [5.41, 5.74) is 4.92. The molecular formula is C14H23N3O3. The molecule has 112 valence electrons. The van der Waals surface area contributed by atoms with Gasteiger partial charge in [0.1, 0.15) is 11.2 Å². The largest absolute Gasteiger partial charge is 0.443 e. The lowest BCUT2D eigenvalue weighted by Crippen LogP contribution is -2.40. The van der Waals surface area contributed by atoms with Crippen LogP contribution in [0.4, 0.5) is 4.79 Å². The summed E-state index contributed by atoms with van der Waals surface area (Å²) < 4.78 is 5.08. The van der Waals surface area contributed by atoms with E-state index in [1.807, 2.05) is 6.07 Å². The molecule has 0 unspecified atom stereocenters. The summed E-state index contributed by atoms with van der Waals surface area (Å²) in [6, 6.07) is 5.37. The van der Waals surface area contributed by atoms with Crippen molar-refractivity contribution in [2.75, 3.05) is 0 Å². The molecule has 0 spiro atoms. The highest BCUT2D eigenvalue weighted by atomic mass is 16.6. The predicted molar refractivity (Wildman–Crippen MR) is 75.7 cm³/mol. The lowest BCUT2D eigenvalue weighted by atomic mass is 10.0. The Hall–Kier alpha value is -1.66. The van der Waals surface area contributed by atoms with Gasteiger partial charge < -0.3 is 9.84 Å². The van der Waals surface area contributed by atoms with Crippen molar-refractivity contribution in [3.8, 4) is 0 Å². The summed E-state index contributed by atoms with van der Waals surface area (Å²) in [7, 11) is 0. The predicted octanol–water partition coefficient (Wildman–Crippen LogP) is 1.84. The maximum Gasteiger partial charge on any atom is 0.422 e. The molecule has 0 saturated heterocycles. The Kier molecular flexibility index (Phi) is 5.08. The monoisotopic (exact) mass is 281 g/mol. The second kappa shape index (κ2) is 6.19. The van der Waals surface area contributed by atoms with Crippen molar-refractivity contribution in [2.24, 2.45) is 0 Å². The summed E-state index contributed by atoms with van der Waals surface area (Å²) in [6.45, 7) is 9.06. The van der Waals surface area contributed by atoms with Crippen LogP contribution >= 0.6 is 0 Å². The number of hydrogen-bond donors (Lipinski definition) is 3. The first-order valence-corrected chi connectivity index (χ1v) is 6.48. The van der Waals surface area contributed by atoms with Gasteiger partial charge in [-0.05, 0) is 46.8 Å². The van der Waals surface area contributed by atoms with Crippen LogP contribution in [0.15, 0.2) is 18.2 Å². The molecule has 6 nitrogen and oxygen atoms in total. The van der Waals surface area contributed by atoms with Gasteiger partial charge in [0.2, 0.25) is 0 Å². The molecule has 0 saturated carbocycles. The van der Waals surface area contributed by atoms with E-state index in [0.29, 0.717) is 17.9 Å². The van der Waals surface area contributed by atoms with Gasteiger partial charge in [0.05, 0.1) is 17.9 Å². The Morgan fingerprint density at radius 1 is 1.30 bits per heavy atom. The molecule has 0 fully saturated rings. The number of ether oxygens (including phenoxy) is 1. The molecule has 1 aromatic heterocycles. The van der Waals surface area contributed by atoms with Crippen LogP contribution in [0, 0.1) is 0 Å². The van der Waals surface area contributed by atoms with Gasteiger partial charge in [-0.2, -0.15) is 0 Å². The molecule has 1 heterocycles. The van der Waals surface area contributed by atoms with Crippen LogP contribution in [0.5, 0.6) is 0 Å². The fourth-order valence-electron chi connectivity index (χ4n) is 1.43. The third-order valence-corrected chi connectivity index (χ3v) is 2.29. The van der Waals surface area contributed by atoms with E-state index >= 15 is 0 Å². The molecule has 6 heteroatoms. The third kappa shape index (κ3) is 5.99. The molecule has 0 radical (unpaired) electrons. The number of carbonyl (C=O) groups is 1. The van der Waals surface area contributed by atoms with E-state index in [0.717, 1.165) is 0 Å². The van der Waals surface area contributed by atoms with Crippen molar-refractivity contribution < 1.29 is 14.6 Å². The lowest BCUT2D eigenvalue weighted by Gasteiger charge is -2.20. The van der Waals surface area contributed by atoms with E-state index in [4.69, 9.17) is 4.74 Å². The average molecular weight is 281 g/mol. The van der Waals surface area contributed by atoms with Gasteiger partial charge in [-0.3, -0.25) is 10.4 Å². The summed E-state index contributed by atoms with van der Waals surface area (Å²) in [5, 5.41) is 9.88. The molecule has 0 aromatic carbocycles. The standard InChI is InChI=1S/C14H23N3O3/c1-13(2,3)20-12(18)17-15-9-10-7-6-8-11(16-10)14(4,5)19/h6-8,15,19H,9H2,1-5H3,(H,17,18). The molecule has 20 heavy (non-hydrogen) atoms. The zero-order valence-electron chi connectivity index (χ0n) is 12.7. The minimum atomic E-state index is -0.991. The van der Waals surface area contributed by atoms with E-state index in [1.54, 1.807) is 46.8 Å². The number of carbonyl (C=O) groups excluding carboxylic acids is 1. The fourth-order valence-corrected chi connectivity index (χ4v) is 1.43. The van der Waals surface area contributed by atoms with E-state index in [9.17, 15) is 9.90 Å². The van der Waals surface area contributed by atoms with Gasteiger partial charge in [-0.1, -0.05) is 6.07 Å². The Morgan fingerprint density at radius 2 is 1.95 bits per heavy atom. The van der Waals surface area contributed by atoms with Crippen LogP contribution in [0.1, 0.15) is 46.0 Å². The first-order chi connectivity index (χ1) is 9.08. The highest BCUT2D eigenvalue weighted by molar-refractivity contribution is 5.66. The number of amides is 1. The normalized spacial score (nSPS) is 12.1. The van der Waals surface area contributed by atoms with Crippen LogP contribution < -0.4 is 10.9 Å². The van der Waals surface area contributed by atoms with Crippen molar-refractivity contribution in [2.45, 2.75) is 52.4 Å². The second-order valence-electron chi connectivity index (χ2n) is 6.05. The van der Waals surface area contributed by atoms with Gasteiger partial charge >= 0.3 is 6.09 Å². The van der Waals surface area contributed by atoms with Gasteiger partial charge in [-0.25, -0.2) is 10.2 Å². The Labute approximate surface area is 119 Å². The van der Waals surface area contributed by atoms with Crippen LogP contribution in [-0.2, 0) is 16.9 Å². The maximum atomic E-state index is 11.4. The van der Waals surface area contributed by atoms with Crippen molar-refractivity contribution in [3.63, 3.8) is 0 Å². The minimum absolute atomic E-state index is 0.336. The van der Waals surface area contributed by atoms with E-state index in [1.165, 1.54) is 0 Å². The van der Waals surface area contributed by atoms with E-state index < -0.39 is 17.3 Å². The van der Waals surface area contributed by atoms with Gasteiger partial charge in [0.25, 0.3) is 0 Å². The van der Waals surface area contributed by atoms with Crippen LogP contribution in [-0.4, -0.2) is 21.8 Å². The number of aromatic nitrogens is 1. The summed E-state index contributed by atoms with van der Waals surface area (Å²) >= 11 is 0. The highest BCUT2D eigenvalue weighted by Gasteiger charge is 2.18. The maximum absolute atomic E-state index is 11.4. The molecule has 0 aliphatic rings. The number of hydrogen-bond acceptors (Lipinski definition) is 5. The molecule has 0 atom stereocenters. The molecule has 1 amide bonds. The number of hydrazine groups is 1. The SMILES string of the molecule is CC(C)(C)OC(=O)NNCc1cccc(C(C)(C)O)n1. The minimum Gasteiger partial charge on any atom is -0.443 e. The number of rotatable bonds is 4. The van der Waals surface area contributed by atoms with Crippen molar-refractivity contribution in [1.82, 2.24) is 15.8 Å². The molecule has 1 aromatic rings. The highest BCUT2D eigenvalue weighted by Crippen LogP contribution is 2.16. The van der Waals surface area contributed by atoms with Crippen molar-refractivity contribution >= 4 is 6.09 Å². The van der Waals surface area contributed by atoms with Crippen molar-refractivity contribution in [1.29, 1.82) is 0 Å². The Morgan fingerprint density at radius 3 is 2.50 bits per heavy atom. The number of nitrogens with one attached hydrogen (secondary N) is 2. The van der Waals surface area contributed by atoms with E-state index in [2.05, 4.69) is 15.8 Å². The average Bonchev–Trinajstić information content (AvgIpc) is 2.25. The zero-order valence-corrected chi connectivity index (χ0v) is 12.7. The lowest BCUT2D eigenvalue weighted by molar-refractivity contribution is 0.0495. The number of pyridine rings is 1. The zero-order chi connectivity index (χ0) is 15.4. The smallest absolute Gasteiger partial charge is 0.422 e. The first kappa shape index (κ1) is 16.4. The van der Waals surface area contributed by atoms with Gasteiger partial charge in [-0.15, -0.1) is 0 Å². The molecule has 0 aliphatic heterocycles. The number of nitrogens with zero attached hydrogens (tertiary/aromatic N) is 1. The quantitative estimate of drug-likeness (QED) is 0.733. The third-order valence-electron chi connectivity index (χ3n) is 2.29. The summed E-state index contributed by atoms with van der Waals surface area (Å²) in [6.07, 6.45) is -0.545. The molecule has 1 rings (SSSR count). The summed E-state index contributed by atoms with van der Waals surface area (Å²) in [4.78, 5) is 15.7.